The van der Waals surface area contributed by atoms with Crippen LogP contribution < -0.4 is 0 Å². The minimum atomic E-state index is 0.113. The lowest BCUT2D eigenvalue weighted by Gasteiger charge is -2.36. The van der Waals surface area contributed by atoms with E-state index >= 15 is 0 Å². The van der Waals surface area contributed by atoms with E-state index in [-0.39, 0.29) is 6.61 Å². The molecule has 0 spiro atoms. The smallest absolute Gasteiger partial charge is 0.0787 e. The maximum atomic E-state index is 9.92. The van der Waals surface area contributed by atoms with Gasteiger partial charge in [-0.25, -0.2) is 0 Å². The Balaban J connectivity index is 1.35. The highest BCUT2D eigenvalue weighted by atomic mass is 16.3. The van der Waals surface area contributed by atoms with Gasteiger partial charge >= 0.3 is 0 Å². The van der Waals surface area contributed by atoms with E-state index in [0.29, 0.717) is 12.6 Å². The zero-order valence-corrected chi connectivity index (χ0v) is 21.9. The lowest BCUT2D eigenvalue weighted by atomic mass is 9.90. The molecule has 1 aliphatic carbocycles. The summed E-state index contributed by atoms with van der Waals surface area (Å²) < 4.78 is 2.27. The number of rotatable bonds is 9. The predicted octanol–water partition coefficient (Wildman–Crippen LogP) is 5.33. The maximum absolute atomic E-state index is 9.92. The van der Waals surface area contributed by atoms with Crippen LogP contribution in [0.2, 0.25) is 0 Å². The van der Waals surface area contributed by atoms with E-state index in [1.165, 1.54) is 72.9 Å². The summed E-state index contributed by atoms with van der Waals surface area (Å²) in [5.41, 5.74) is 6.09. The number of para-hydroxylation sites is 1. The van der Waals surface area contributed by atoms with Gasteiger partial charge in [0, 0.05) is 48.3 Å². The number of hydrogen-bond acceptors (Lipinski definition) is 5. The second-order valence-corrected chi connectivity index (χ2v) is 10.7. The molecule has 0 amide bonds. The molecular weight excluding hydrogens is 458 g/mol. The van der Waals surface area contributed by atoms with E-state index < -0.39 is 0 Å². The molecule has 0 radical (unpaired) electrons. The van der Waals surface area contributed by atoms with E-state index in [4.69, 9.17) is 9.97 Å². The van der Waals surface area contributed by atoms with Crippen LogP contribution in [0.4, 0.5) is 0 Å². The monoisotopic (exact) mass is 497 g/mol. The number of piperidine rings is 1. The Hall–Kier alpha value is -2.80. The highest BCUT2D eigenvalue weighted by Crippen LogP contribution is 2.36. The van der Waals surface area contributed by atoms with Gasteiger partial charge in [-0.15, -0.1) is 0 Å². The van der Waals surface area contributed by atoms with Crippen molar-refractivity contribution in [3.63, 3.8) is 0 Å². The summed E-state index contributed by atoms with van der Waals surface area (Å²) in [6.07, 6.45) is 12.6. The molecular formula is C31H39N5O. The van der Waals surface area contributed by atoms with Crippen LogP contribution in [0.25, 0.3) is 21.8 Å². The van der Waals surface area contributed by atoms with Crippen molar-refractivity contribution in [3.8, 4) is 0 Å². The van der Waals surface area contributed by atoms with Crippen molar-refractivity contribution in [2.24, 2.45) is 0 Å². The van der Waals surface area contributed by atoms with Crippen LogP contribution >= 0.6 is 0 Å². The van der Waals surface area contributed by atoms with E-state index in [1.807, 2.05) is 12.4 Å². The molecule has 0 bridgehead atoms. The number of pyridine rings is 2. The average Bonchev–Trinajstić information content (AvgIpc) is 3.27. The fraction of sp³-hybridized carbons (Fsp3) is 0.484. The molecule has 1 aromatic carbocycles. The molecule has 1 fully saturated rings. The molecule has 4 aromatic rings. The average molecular weight is 498 g/mol. The zero-order valence-electron chi connectivity index (χ0n) is 21.9. The number of likely N-dealkylation sites (tertiary alicyclic amines) is 1. The number of aliphatic hydroxyl groups excluding tert-OH is 1. The first-order chi connectivity index (χ1) is 18.3. The van der Waals surface area contributed by atoms with Gasteiger partial charge in [-0.05, 0) is 81.9 Å². The van der Waals surface area contributed by atoms with Crippen molar-refractivity contribution >= 4 is 21.8 Å². The lowest BCUT2D eigenvalue weighted by molar-refractivity contribution is 0.146. The van der Waals surface area contributed by atoms with E-state index in [1.54, 1.807) is 0 Å². The first-order valence-corrected chi connectivity index (χ1v) is 14.2. The van der Waals surface area contributed by atoms with Gasteiger partial charge in [-0.3, -0.25) is 14.9 Å². The summed E-state index contributed by atoms with van der Waals surface area (Å²) >= 11 is 0. The van der Waals surface area contributed by atoms with Crippen LogP contribution in [0, 0.1) is 0 Å². The third-order valence-electron chi connectivity index (χ3n) is 8.41. The molecule has 1 saturated heterocycles. The number of aryl methyl sites for hydroxylation is 1. The lowest BCUT2D eigenvalue weighted by Crippen LogP contribution is -2.36. The van der Waals surface area contributed by atoms with Gasteiger partial charge in [-0.2, -0.15) is 0 Å². The number of aromatic nitrogens is 3. The fourth-order valence-corrected chi connectivity index (χ4v) is 6.68. The van der Waals surface area contributed by atoms with Crippen LogP contribution in [0.15, 0.2) is 54.9 Å². The number of hydrogen-bond donors (Lipinski definition) is 1. The SMILES string of the molecule is OCCn1c2ccccc2c2ccnc(CN(CCCN3CCCCC3)C3CCCc4cccnc43)c21. The largest absolute Gasteiger partial charge is 0.395 e. The summed E-state index contributed by atoms with van der Waals surface area (Å²) in [4.78, 5) is 15.1. The first kappa shape index (κ1) is 24.5. The van der Waals surface area contributed by atoms with Crippen LogP contribution in [0.1, 0.15) is 61.5 Å². The summed E-state index contributed by atoms with van der Waals surface area (Å²) in [7, 11) is 0. The van der Waals surface area contributed by atoms with Crippen molar-refractivity contribution in [3.05, 3.63) is 71.8 Å². The Morgan fingerprint density at radius 3 is 2.68 bits per heavy atom. The standard InChI is InChI=1S/C31H39N5O/c37-22-21-36-28-12-3-2-11-25(28)26-14-16-32-27(31(26)36)23-35(20-8-19-34-17-4-1-5-18-34)29-13-6-9-24-10-7-15-33-30(24)29/h2-3,7,10-12,14-16,29,37H,1,4-6,8-9,13,17-23H2. The number of aliphatic hydroxyl groups is 1. The summed E-state index contributed by atoms with van der Waals surface area (Å²) in [6, 6.07) is 15.3. The highest BCUT2D eigenvalue weighted by molar-refractivity contribution is 6.08. The second kappa shape index (κ2) is 11.3. The normalized spacial score (nSPS) is 18.6. The van der Waals surface area contributed by atoms with Crippen molar-refractivity contribution in [1.29, 1.82) is 0 Å². The fourth-order valence-electron chi connectivity index (χ4n) is 6.68. The van der Waals surface area contributed by atoms with Crippen LogP contribution in [-0.4, -0.2) is 62.2 Å². The minimum absolute atomic E-state index is 0.113. The number of benzene rings is 1. The third-order valence-corrected chi connectivity index (χ3v) is 8.41. The van der Waals surface area contributed by atoms with Crippen molar-refractivity contribution < 1.29 is 5.11 Å². The summed E-state index contributed by atoms with van der Waals surface area (Å²) in [6.45, 7) is 6.18. The molecule has 1 aliphatic heterocycles. The highest BCUT2D eigenvalue weighted by Gasteiger charge is 2.28. The Bertz CT molecular complexity index is 1340. The van der Waals surface area contributed by atoms with Crippen molar-refractivity contribution in [1.82, 2.24) is 24.3 Å². The molecule has 3 aromatic heterocycles. The molecule has 194 valence electrons. The Labute approximate surface area is 219 Å². The number of fused-ring (bicyclic) bond motifs is 4. The molecule has 1 unspecified atom stereocenters. The van der Waals surface area contributed by atoms with Gasteiger partial charge < -0.3 is 14.6 Å². The molecule has 6 rings (SSSR count). The maximum Gasteiger partial charge on any atom is 0.0787 e. The molecule has 2 aliphatic rings. The Morgan fingerprint density at radius 2 is 1.78 bits per heavy atom. The van der Waals surface area contributed by atoms with Gasteiger partial charge in [0.15, 0.2) is 0 Å². The molecule has 6 nitrogen and oxygen atoms in total. The van der Waals surface area contributed by atoms with E-state index in [9.17, 15) is 5.11 Å². The van der Waals surface area contributed by atoms with Crippen molar-refractivity contribution in [2.75, 3.05) is 32.8 Å². The van der Waals surface area contributed by atoms with Crippen LogP contribution in [0.5, 0.6) is 0 Å². The van der Waals surface area contributed by atoms with Gasteiger partial charge in [0.25, 0.3) is 0 Å². The third kappa shape index (κ3) is 5.02. The molecule has 1 N–H and O–H groups in total. The summed E-state index contributed by atoms with van der Waals surface area (Å²) in [5, 5.41) is 12.4. The minimum Gasteiger partial charge on any atom is -0.395 e. The molecule has 0 saturated carbocycles. The Morgan fingerprint density at radius 1 is 0.892 bits per heavy atom. The molecule has 37 heavy (non-hydrogen) atoms. The Kier molecular flexibility index (Phi) is 7.49. The van der Waals surface area contributed by atoms with Crippen LogP contribution in [-0.2, 0) is 19.5 Å². The quantitative estimate of drug-likeness (QED) is 0.339. The molecule has 1 atom stereocenters. The van der Waals surface area contributed by atoms with Gasteiger partial charge in [0.05, 0.1) is 29.6 Å². The number of nitrogens with zero attached hydrogens (tertiary/aromatic N) is 5. The van der Waals surface area contributed by atoms with Gasteiger partial charge in [-0.1, -0.05) is 30.7 Å². The summed E-state index contributed by atoms with van der Waals surface area (Å²) in [5.74, 6) is 0. The van der Waals surface area contributed by atoms with E-state index in [2.05, 4.69) is 56.8 Å². The van der Waals surface area contributed by atoms with Gasteiger partial charge in [0.2, 0.25) is 0 Å². The topological polar surface area (TPSA) is 57.4 Å². The molecule has 4 heterocycles. The zero-order chi connectivity index (χ0) is 25.0. The van der Waals surface area contributed by atoms with Crippen LogP contribution in [0.3, 0.4) is 0 Å². The predicted molar refractivity (Wildman–Crippen MR) is 150 cm³/mol. The van der Waals surface area contributed by atoms with E-state index in [0.717, 1.165) is 43.6 Å². The second-order valence-electron chi connectivity index (χ2n) is 10.7. The first-order valence-electron chi connectivity index (χ1n) is 14.2. The van der Waals surface area contributed by atoms with Crippen molar-refractivity contribution in [2.45, 2.75) is 64.1 Å². The molecule has 6 heteroatoms. The van der Waals surface area contributed by atoms with Gasteiger partial charge in [0.1, 0.15) is 0 Å².